The third kappa shape index (κ3) is 4.72. The van der Waals surface area contributed by atoms with E-state index in [0.717, 1.165) is 15.8 Å². The number of methoxy groups -OCH3 is 1. The number of nitrogens with zero attached hydrogens (tertiary/aromatic N) is 2. The molecule has 3 aromatic rings. The number of aromatic nitrogens is 2. The van der Waals surface area contributed by atoms with Gasteiger partial charge in [-0.2, -0.15) is 0 Å². The lowest BCUT2D eigenvalue weighted by Gasteiger charge is -2.07. The smallest absolute Gasteiger partial charge is 0.264 e. The number of ether oxygens (including phenoxy) is 2. The lowest BCUT2D eigenvalue weighted by atomic mass is 10.2. The molecule has 0 saturated heterocycles. The Kier molecular flexibility index (Phi) is 6.08. The van der Waals surface area contributed by atoms with Gasteiger partial charge < -0.3 is 9.47 Å². The van der Waals surface area contributed by atoms with E-state index in [-0.39, 0.29) is 12.5 Å². The van der Waals surface area contributed by atoms with E-state index in [0.29, 0.717) is 20.9 Å². The van der Waals surface area contributed by atoms with Crippen molar-refractivity contribution in [2.24, 2.45) is 0 Å². The van der Waals surface area contributed by atoms with Crippen LogP contribution in [-0.4, -0.2) is 29.8 Å². The highest BCUT2D eigenvalue weighted by Crippen LogP contribution is 2.29. The molecule has 0 saturated carbocycles. The van der Waals surface area contributed by atoms with E-state index < -0.39 is 0 Å². The van der Waals surface area contributed by atoms with Crippen LogP contribution >= 0.6 is 38.9 Å². The van der Waals surface area contributed by atoms with Gasteiger partial charge >= 0.3 is 0 Å². The summed E-state index contributed by atoms with van der Waals surface area (Å²) in [4.78, 5) is 12.0. The Bertz CT molecular complexity index is 918. The maximum absolute atomic E-state index is 12.0. The number of benzene rings is 2. The molecule has 0 aliphatic rings. The Morgan fingerprint density at radius 2 is 2.00 bits per heavy atom. The molecule has 1 heterocycles. The van der Waals surface area contributed by atoms with E-state index in [2.05, 4.69) is 31.4 Å². The van der Waals surface area contributed by atoms with Gasteiger partial charge in [0.25, 0.3) is 5.91 Å². The number of anilines is 1. The van der Waals surface area contributed by atoms with Gasteiger partial charge in [-0.05, 0) is 42.5 Å². The van der Waals surface area contributed by atoms with Crippen molar-refractivity contribution in [1.29, 1.82) is 0 Å². The van der Waals surface area contributed by atoms with Gasteiger partial charge in [0.15, 0.2) is 6.61 Å². The number of hydrogen-bond donors (Lipinski definition) is 1. The van der Waals surface area contributed by atoms with E-state index in [1.807, 2.05) is 24.3 Å². The minimum absolute atomic E-state index is 0.182. The predicted molar refractivity (Wildman–Crippen MR) is 105 cm³/mol. The molecule has 1 aromatic heterocycles. The van der Waals surface area contributed by atoms with Crippen LogP contribution in [0.4, 0.5) is 5.13 Å². The highest BCUT2D eigenvalue weighted by Gasteiger charge is 2.11. The quantitative estimate of drug-likeness (QED) is 0.587. The topological polar surface area (TPSA) is 73.3 Å². The molecule has 2 aromatic carbocycles. The van der Waals surface area contributed by atoms with Crippen molar-refractivity contribution in [3.8, 4) is 22.1 Å². The van der Waals surface area contributed by atoms with E-state index in [1.54, 1.807) is 25.3 Å². The molecule has 134 valence electrons. The van der Waals surface area contributed by atoms with Crippen LogP contribution in [0.1, 0.15) is 0 Å². The fourth-order valence-electron chi connectivity index (χ4n) is 2.01. The van der Waals surface area contributed by atoms with Crippen LogP contribution in [0, 0.1) is 0 Å². The zero-order valence-electron chi connectivity index (χ0n) is 13.5. The van der Waals surface area contributed by atoms with Crippen LogP contribution in [0.5, 0.6) is 11.5 Å². The molecule has 6 nitrogen and oxygen atoms in total. The van der Waals surface area contributed by atoms with E-state index in [1.165, 1.54) is 11.3 Å². The largest absolute Gasteiger partial charge is 0.497 e. The fourth-order valence-corrected chi connectivity index (χ4v) is 3.51. The lowest BCUT2D eigenvalue weighted by molar-refractivity contribution is -0.118. The molecule has 0 unspecified atom stereocenters. The number of carbonyl (C=O) groups is 1. The van der Waals surface area contributed by atoms with Gasteiger partial charge in [0, 0.05) is 10.0 Å². The second kappa shape index (κ2) is 8.48. The first kappa shape index (κ1) is 18.6. The highest BCUT2D eigenvalue weighted by atomic mass is 79.9. The van der Waals surface area contributed by atoms with Gasteiger partial charge in [0.2, 0.25) is 5.13 Å². The molecular weight excluding hydrogens is 442 g/mol. The summed E-state index contributed by atoms with van der Waals surface area (Å²) in [5.74, 6) is 0.846. The highest BCUT2D eigenvalue weighted by molar-refractivity contribution is 9.10. The summed E-state index contributed by atoms with van der Waals surface area (Å²) in [6, 6.07) is 12.6. The van der Waals surface area contributed by atoms with Crippen molar-refractivity contribution in [3.63, 3.8) is 0 Å². The summed E-state index contributed by atoms with van der Waals surface area (Å²) in [5.41, 5.74) is 0.890. The van der Waals surface area contributed by atoms with Crippen molar-refractivity contribution in [2.45, 2.75) is 0 Å². The Labute approximate surface area is 167 Å². The minimum Gasteiger partial charge on any atom is -0.497 e. The maximum atomic E-state index is 12.0. The van der Waals surface area contributed by atoms with E-state index >= 15 is 0 Å². The number of halogens is 2. The van der Waals surface area contributed by atoms with Crippen molar-refractivity contribution in [1.82, 2.24) is 10.2 Å². The molecule has 0 aliphatic heterocycles. The Balaban J connectivity index is 1.58. The molecule has 0 aliphatic carbocycles. The average molecular weight is 455 g/mol. The second-order valence-corrected chi connectivity index (χ2v) is 7.35. The SMILES string of the molecule is COc1ccc(-c2nnc(NC(=O)COc3ccc(Br)cc3Cl)s2)cc1. The predicted octanol–water partition coefficient (Wildman–Crippen LogP) is 4.65. The van der Waals surface area contributed by atoms with Crippen LogP contribution in [0.25, 0.3) is 10.6 Å². The molecule has 3 rings (SSSR count). The van der Waals surface area contributed by atoms with Gasteiger partial charge in [0.1, 0.15) is 16.5 Å². The minimum atomic E-state index is -0.346. The van der Waals surface area contributed by atoms with Crippen molar-refractivity contribution < 1.29 is 14.3 Å². The van der Waals surface area contributed by atoms with Gasteiger partial charge in [-0.15, -0.1) is 10.2 Å². The summed E-state index contributed by atoms with van der Waals surface area (Å²) >= 11 is 10.6. The number of amides is 1. The number of carbonyl (C=O) groups excluding carboxylic acids is 1. The van der Waals surface area contributed by atoms with Crippen LogP contribution in [0.3, 0.4) is 0 Å². The van der Waals surface area contributed by atoms with Gasteiger partial charge in [-0.25, -0.2) is 0 Å². The third-order valence-corrected chi connectivity index (χ3v) is 4.94. The molecule has 9 heteroatoms. The first-order chi connectivity index (χ1) is 12.5. The molecule has 0 fully saturated rings. The Hall–Kier alpha value is -2.16. The van der Waals surface area contributed by atoms with Gasteiger partial charge in [0.05, 0.1) is 12.1 Å². The molecule has 0 radical (unpaired) electrons. The number of hydrogen-bond acceptors (Lipinski definition) is 6. The van der Waals surface area contributed by atoms with Gasteiger partial charge in [-0.3, -0.25) is 10.1 Å². The first-order valence-electron chi connectivity index (χ1n) is 7.41. The van der Waals surface area contributed by atoms with Crippen LogP contribution in [0.15, 0.2) is 46.9 Å². The van der Waals surface area contributed by atoms with Crippen LogP contribution < -0.4 is 14.8 Å². The van der Waals surface area contributed by atoms with Crippen molar-refractivity contribution in [3.05, 3.63) is 52.0 Å². The summed E-state index contributed by atoms with van der Waals surface area (Å²) < 4.78 is 11.4. The number of rotatable bonds is 6. The second-order valence-electron chi connectivity index (χ2n) is 5.05. The first-order valence-corrected chi connectivity index (χ1v) is 9.39. The Morgan fingerprint density at radius 3 is 2.69 bits per heavy atom. The normalized spacial score (nSPS) is 10.4. The van der Waals surface area contributed by atoms with Crippen molar-refractivity contribution in [2.75, 3.05) is 19.0 Å². The zero-order chi connectivity index (χ0) is 18.5. The maximum Gasteiger partial charge on any atom is 0.264 e. The Morgan fingerprint density at radius 1 is 1.23 bits per heavy atom. The van der Waals surface area contributed by atoms with E-state index in [4.69, 9.17) is 21.1 Å². The molecule has 0 atom stereocenters. The molecule has 1 N–H and O–H groups in total. The fraction of sp³-hybridized carbons (Fsp3) is 0.118. The summed E-state index contributed by atoms with van der Waals surface area (Å²) in [7, 11) is 1.61. The summed E-state index contributed by atoms with van der Waals surface area (Å²) in [6.45, 7) is -0.182. The standard InChI is InChI=1S/C17H13BrClN3O3S/c1-24-12-5-2-10(3-6-12)16-21-22-17(26-16)20-15(23)9-25-14-7-4-11(18)8-13(14)19/h2-8H,9H2,1H3,(H,20,22,23). The molecule has 1 amide bonds. The zero-order valence-corrected chi connectivity index (χ0v) is 16.7. The van der Waals surface area contributed by atoms with Crippen LogP contribution in [0.2, 0.25) is 5.02 Å². The van der Waals surface area contributed by atoms with Crippen LogP contribution in [-0.2, 0) is 4.79 Å². The summed E-state index contributed by atoms with van der Waals surface area (Å²) in [5, 5.41) is 12.2. The molecule has 0 bridgehead atoms. The lowest BCUT2D eigenvalue weighted by Crippen LogP contribution is -2.20. The van der Waals surface area contributed by atoms with E-state index in [9.17, 15) is 4.79 Å². The monoisotopic (exact) mass is 453 g/mol. The number of nitrogens with one attached hydrogen (secondary N) is 1. The molecule has 0 spiro atoms. The summed E-state index contributed by atoms with van der Waals surface area (Å²) in [6.07, 6.45) is 0. The molecule has 26 heavy (non-hydrogen) atoms. The molecular formula is C17H13BrClN3O3S. The van der Waals surface area contributed by atoms with Gasteiger partial charge in [-0.1, -0.05) is 38.9 Å². The van der Waals surface area contributed by atoms with Crippen molar-refractivity contribution >= 4 is 49.9 Å². The third-order valence-electron chi connectivity index (χ3n) is 3.26. The average Bonchev–Trinajstić information content (AvgIpc) is 3.09.